The molecule has 4 nitrogen and oxygen atoms in total. The van der Waals surface area contributed by atoms with Crippen molar-refractivity contribution < 1.29 is 22.7 Å². The van der Waals surface area contributed by atoms with Crippen LogP contribution in [0.3, 0.4) is 0 Å². The Balaban J connectivity index is 3.19. The van der Waals surface area contributed by atoms with Gasteiger partial charge in [0.15, 0.2) is 5.82 Å². The van der Waals surface area contributed by atoms with Crippen LogP contribution in [-0.4, -0.2) is 17.6 Å². The molecule has 0 aliphatic carbocycles. The summed E-state index contributed by atoms with van der Waals surface area (Å²) in [5, 5.41) is 0. The van der Waals surface area contributed by atoms with E-state index in [-0.39, 0.29) is 24.4 Å². The van der Waals surface area contributed by atoms with E-state index in [0.29, 0.717) is 6.20 Å². The van der Waals surface area contributed by atoms with E-state index < -0.39 is 30.2 Å². The van der Waals surface area contributed by atoms with Crippen molar-refractivity contribution in [1.29, 1.82) is 0 Å². The fourth-order valence-corrected chi connectivity index (χ4v) is 1.55. The molecule has 7 heteroatoms. The van der Waals surface area contributed by atoms with E-state index in [2.05, 4.69) is 9.72 Å². The number of rotatable bonds is 5. The molecule has 0 spiro atoms. The van der Waals surface area contributed by atoms with E-state index in [1.807, 2.05) is 0 Å². The molecule has 0 aromatic carbocycles. The van der Waals surface area contributed by atoms with Crippen molar-refractivity contribution in [3.63, 3.8) is 0 Å². The van der Waals surface area contributed by atoms with Gasteiger partial charge in [0.25, 0.3) is 6.43 Å². The molecular weight excluding hydrogens is 249 g/mol. The van der Waals surface area contributed by atoms with Crippen LogP contribution in [0.25, 0.3) is 0 Å². The van der Waals surface area contributed by atoms with Gasteiger partial charge in [-0.05, 0) is 12.5 Å². The minimum Gasteiger partial charge on any atom is -0.466 e. The zero-order chi connectivity index (χ0) is 13.7. The third-order valence-electron chi connectivity index (χ3n) is 2.30. The number of esters is 1. The zero-order valence-electron chi connectivity index (χ0n) is 9.75. The zero-order valence-corrected chi connectivity index (χ0v) is 9.75. The lowest BCUT2D eigenvalue weighted by atomic mass is 10.0. The molecule has 0 saturated carbocycles. The maximum Gasteiger partial charge on any atom is 0.310 e. The molecule has 18 heavy (non-hydrogen) atoms. The third-order valence-corrected chi connectivity index (χ3v) is 2.30. The molecule has 1 aromatic rings. The van der Waals surface area contributed by atoms with Crippen molar-refractivity contribution >= 4 is 5.97 Å². The number of alkyl halides is 2. The minimum absolute atomic E-state index is 0.0692. The summed E-state index contributed by atoms with van der Waals surface area (Å²) < 4.78 is 43.5. The lowest BCUT2D eigenvalue weighted by Crippen LogP contribution is -2.16. The number of carbonyl (C=O) groups excluding carboxylic acids is 1. The van der Waals surface area contributed by atoms with Gasteiger partial charge < -0.3 is 10.5 Å². The maximum atomic E-state index is 13.3. The first-order valence-corrected chi connectivity index (χ1v) is 5.31. The molecule has 1 aromatic heterocycles. The molecule has 0 unspecified atom stereocenters. The number of hydrogen-bond donors (Lipinski definition) is 1. The van der Waals surface area contributed by atoms with Crippen molar-refractivity contribution in [3.8, 4) is 0 Å². The van der Waals surface area contributed by atoms with Gasteiger partial charge in [0.2, 0.25) is 0 Å². The van der Waals surface area contributed by atoms with Crippen LogP contribution in [-0.2, 0) is 22.5 Å². The summed E-state index contributed by atoms with van der Waals surface area (Å²) in [6.45, 7) is 1.54. The summed E-state index contributed by atoms with van der Waals surface area (Å²) in [5.74, 6) is -1.87. The van der Waals surface area contributed by atoms with Crippen molar-refractivity contribution in [3.05, 3.63) is 28.8 Å². The number of ether oxygens (including phenoxy) is 1. The molecule has 0 radical (unpaired) electrons. The molecule has 0 atom stereocenters. The molecule has 0 fully saturated rings. The Morgan fingerprint density at radius 3 is 2.72 bits per heavy atom. The van der Waals surface area contributed by atoms with Crippen LogP contribution in [0.15, 0.2) is 6.20 Å². The smallest absolute Gasteiger partial charge is 0.310 e. The molecule has 0 aliphatic rings. The normalized spacial score (nSPS) is 10.8. The number of aromatic nitrogens is 1. The highest BCUT2D eigenvalue weighted by molar-refractivity contribution is 5.73. The van der Waals surface area contributed by atoms with Gasteiger partial charge in [-0.3, -0.25) is 9.78 Å². The van der Waals surface area contributed by atoms with E-state index in [1.165, 1.54) is 0 Å². The van der Waals surface area contributed by atoms with Gasteiger partial charge in [0, 0.05) is 6.54 Å². The van der Waals surface area contributed by atoms with Crippen molar-refractivity contribution in [2.75, 3.05) is 6.61 Å². The van der Waals surface area contributed by atoms with E-state index in [9.17, 15) is 18.0 Å². The second-order valence-corrected chi connectivity index (χ2v) is 3.43. The Bertz CT molecular complexity index is 439. The average Bonchev–Trinajstić information content (AvgIpc) is 2.29. The van der Waals surface area contributed by atoms with Crippen LogP contribution in [0.1, 0.15) is 30.2 Å². The summed E-state index contributed by atoms with van der Waals surface area (Å²) in [6, 6.07) is 0. The molecule has 0 saturated heterocycles. The molecule has 2 N–H and O–H groups in total. The number of nitrogens with two attached hydrogens (primary N) is 1. The van der Waals surface area contributed by atoms with Gasteiger partial charge in [-0.2, -0.15) is 0 Å². The Morgan fingerprint density at radius 1 is 1.56 bits per heavy atom. The topological polar surface area (TPSA) is 65.2 Å². The first-order chi connectivity index (χ1) is 8.51. The fourth-order valence-electron chi connectivity index (χ4n) is 1.55. The van der Waals surface area contributed by atoms with Gasteiger partial charge in [-0.1, -0.05) is 0 Å². The first-order valence-electron chi connectivity index (χ1n) is 5.31. The fraction of sp³-hybridized carbons (Fsp3) is 0.455. The monoisotopic (exact) mass is 262 g/mol. The predicted molar refractivity (Wildman–Crippen MR) is 57.4 cm³/mol. The summed E-state index contributed by atoms with van der Waals surface area (Å²) in [7, 11) is 0. The van der Waals surface area contributed by atoms with Crippen LogP contribution in [0, 0.1) is 5.82 Å². The van der Waals surface area contributed by atoms with Crippen LogP contribution >= 0.6 is 0 Å². The minimum atomic E-state index is -3.04. The summed E-state index contributed by atoms with van der Waals surface area (Å²) in [6.07, 6.45) is -2.83. The Hall–Kier alpha value is -1.63. The predicted octanol–water partition coefficient (Wildman–Crippen LogP) is 1.72. The van der Waals surface area contributed by atoms with E-state index in [4.69, 9.17) is 5.73 Å². The molecule has 0 aliphatic heterocycles. The van der Waals surface area contributed by atoms with E-state index in [0.717, 1.165) is 0 Å². The van der Waals surface area contributed by atoms with Crippen LogP contribution < -0.4 is 5.73 Å². The summed E-state index contributed by atoms with van der Waals surface area (Å²) in [4.78, 5) is 14.9. The summed E-state index contributed by atoms with van der Waals surface area (Å²) >= 11 is 0. The largest absolute Gasteiger partial charge is 0.466 e. The van der Waals surface area contributed by atoms with E-state index in [1.54, 1.807) is 6.92 Å². The van der Waals surface area contributed by atoms with Crippen LogP contribution in [0.4, 0.5) is 13.2 Å². The standard InChI is InChI=1S/C11H13F3N2O2/c1-2-18-9(17)3-6-8(4-15)16-5-7(12)10(6)11(13)14/h5,11H,2-4,15H2,1H3. The second-order valence-electron chi connectivity index (χ2n) is 3.43. The maximum absolute atomic E-state index is 13.3. The van der Waals surface area contributed by atoms with Crippen molar-refractivity contribution in [1.82, 2.24) is 4.98 Å². The highest BCUT2D eigenvalue weighted by atomic mass is 19.3. The van der Waals surface area contributed by atoms with Gasteiger partial charge in [-0.15, -0.1) is 0 Å². The number of carbonyl (C=O) groups is 1. The highest BCUT2D eigenvalue weighted by Crippen LogP contribution is 2.27. The lowest BCUT2D eigenvalue weighted by Gasteiger charge is -2.13. The van der Waals surface area contributed by atoms with Crippen molar-refractivity contribution in [2.24, 2.45) is 5.73 Å². The molecule has 0 bridgehead atoms. The first kappa shape index (κ1) is 14.4. The summed E-state index contributed by atoms with van der Waals surface area (Å²) in [5.41, 5.74) is 4.38. The molecule has 100 valence electrons. The van der Waals surface area contributed by atoms with Crippen molar-refractivity contribution in [2.45, 2.75) is 26.3 Å². The third kappa shape index (κ3) is 3.19. The van der Waals surface area contributed by atoms with Gasteiger partial charge >= 0.3 is 5.97 Å². The Morgan fingerprint density at radius 2 is 2.22 bits per heavy atom. The van der Waals surface area contributed by atoms with Gasteiger partial charge in [0.05, 0.1) is 30.5 Å². The van der Waals surface area contributed by atoms with Gasteiger partial charge in [0.1, 0.15) is 0 Å². The molecular formula is C11H13F3N2O2. The quantitative estimate of drug-likeness (QED) is 0.820. The SMILES string of the molecule is CCOC(=O)Cc1c(CN)ncc(F)c1C(F)F. The number of nitrogens with zero attached hydrogens (tertiary/aromatic N) is 1. The van der Waals surface area contributed by atoms with Crippen LogP contribution in [0.2, 0.25) is 0 Å². The molecule has 0 amide bonds. The highest BCUT2D eigenvalue weighted by Gasteiger charge is 2.23. The molecule has 1 heterocycles. The Labute approximate surface area is 102 Å². The van der Waals surface area contributed by atoms with E-state index >= 15 is 0 Å². The average molecular weight is 262 g/mol. The van der Waals surface area contributed by atoms with Gasteiger partial charge in [-0.25, -0.2) is 13.2 Å². The number of halogens is 3. The van der Waals surface area contributed by atoms with Crippen LogP contribution in [0.5, 0.6) is 0 Å². The second kappa shape index (κ2) is 6.34. The Kier molecular flexibility index (Phi) is 5.08. The number of pyridine rings is 1. The molecule has 1 rings (SSSR count). The number of hydrogen-bond acceptors (Lipinski definition) is 4. The lowest BCUT2D eigenvalue weighted by molar-refractivity contribution is -0.142.